The average molecular weight is 351 g/mol. The first kappa shape index (κ1) is 18.2. The summed E-state index contributed by atoms with van der Waals surface area (Å²) in [6, 6.07) is -1.58. The molecule has 0 spiro atoms. The van der Waals surface area contributed by atoms with Gasteiger partial charge in [-0.15, -0.1) is 0 Å². The minimum Gasteiger partial charge on any atom is -0.481 e. The van der Waals surface area contributed by atoms with Crippen LogP contribution in [0.15, 0.2) is 0 Å². The summed E-state index contributed by atoms with van der Waals surface area (Å²) in [5, 5.41) is 14.7. The maximum absolute atomic E-state index is 12.8. The SMILES string of the molecule is C[C@H](N)C(=O)N[C@@H](CCC(=O)O)C(=O)NC12CC3CC(CC(C3)C1)C2. The lowest BCUT2D eigenvalue weighted by Crippen LogP contribution is -2.63. The van der Waals surface area contributed by atoms with Gasteiger partial charge in [0.1, 0.15) is 6.04 Å². The molecule has 4 fully saturated rings. The number of hydrogen-bond acceptors (Lipinski definition) is 4. The molecule has 7 heteroatoms. The van der Waals surface area contributed by atoms with Crippen molar-refractivity contribution in [2.24, 2.45) is 23.5 Å². The summed E-state index contributed by atoms with van der Waals surface area (Å²) in [4.78, 5) is 35.6. The third-order valence-corrected chi connectivity index (χ3v) is 6.12. The Balaban J connectivity index is 1.66. The molecule has 2 atom stereocenters. The van der Waals surface area contributed by atoms with Crippen LogP contribution in [0.5, 0.6) is 0 Å². The van der Waals surface area contributed by atoms with Gasteiger partial charge < -0.3 is 21.5 Å². The number of nitrogens with two attached hydrogens (primary N) is 1. The molecular weight excluding hydrogens is 322 g/mol. The molecule has 4 bridgehead atoms. The second-order valence-electron chi connectivity index (χ2n) is 8.47. The van der Waals surface area contributed by atoms with Crippen molar-refractivity contribution in [3.63, 3.8) is 0 Å². The number of amides is 2. The molecule has 0 aliphatic heterocycles. The van der Waals surface area contributed by atoms with Gasteiger partial charge in [-0.05, 0) is 69.6 Å². The maximum atomic E-state index is 12.8. The molecule has 4 rings (SSSR count). The Labute approximate surface area is 148 Å². The third-order valence-electron chi connectivity index (χ3n) is 6.12. The molecule has 0 heterocycles. The van der Waals surface area contributed by atoms with E-state index < -0.39 is 24.0 Å². The Morgan fingerprint density at radius 3 is 2.04 bits per heavy atom. The molecule has 0 aromatic carbocycles. The number of carboxylic acids is 1. The highest BCUT2D eigenvalue weighted by atomic mass is 16.4. The van der Waals surface area contributed by atoms with Crippen LogP contribution in [-0.4, -0.2) is 40.5 Å². The number of carbonyl (C=O) groups excluding carboxylic acids is 2. The van der Waals surface area contributed by atoms with Crippen molar-refractivity contribution in [2.75, 3.05) is 0 Å². The van der Waals surface area contributed by atoms with E-state index in [0.29, 0.717) is 17.8 Å². The van der Waals surface area contributed by atoms with E-state index in [1.54, 1.807) is 6.92 Å². The first-order valence-corrected chi connectivity index (χ1v) is 9.36. The molecular formula is C18H29N3O4. The highest BCUT2D eigenvalue weighted by molar-refractivity contribution is 5.90. The van der Waals surface area contributed by atoms with Gasteiger partial charge in [-0.3, -0.25) is 14.4 Å². The highest BCUT2D eigenvalue weighted by Crippen LogP contribution is 2.55. The molecule has 7 nitrogen and oxygen atoms in total. The second-order valence-corrected chi connectivity index (χ2v) is 8.47. The lowest BCUT2D eigenvalue weighted by Gasteiger charge is -2.57. The molecule has 0 unspecified atom stereocenters. The molecule has 2 amide bonds. The Bertz CT molecular complexity index is 525. The summed E-state index contributed by atoms with van der Waals surface area (Å²) < 4.78 is 0. The first-order chi connectivity index (χ1) is 11.8. The number of rotatable bonds is 7. The van der Waals surface area contributed by atoms with Gasteiger partial charge in [0.25, 0.3) is 0 Å². The van der Waals surface area contributed by atoms with E-state index in [1.807, 2.05) is 0 Å². The molecule has 4 aliphatic carbocycles. The van der Waals surface area contributed by atoms with E-state index in [1.165, 1.54) is 19.3 Å². The lowest BCUT2D eigenvalue weighted by molar-refractivity contribution is -0.138. The zero-order chi connectivity index (χ0) is 18.2. The number of nitrogens with one attached hydrogen (secondary N) is 2. The van der Waals surface area contributed by atoms with Crippen LogP contribution >= 0.6 is 0 Å². The van der Waals surface area contributed by atoms with Gasteiger partial charge in [0.15, 0.2) is 0 Å². The Kier molecular flexibility index (Phi) is 5.04. The maximum Gasteiger partial charge on any atom is 0.303 e. The fourth-order valence-electron chi connectivity index (χ4n) is 5.45. The van der Waals surface area contributed by atoms with Crippen LogP contribution in [0.25, 0.3) is 0 Å². The van der Waals surface area contributed by atoms with Crippen LogP contribution in [-0.2, 0) is 14.4 Å². The first-order valence-electron chi connectivity index (χ1n) is 9.36. The fourth-order valence-corrected chi connectivity index (χ4v) is 5.45. The van der Waals surface area contributed by atoms with E-state index in [2.05, 4.69) is 10.6 Å². The molecule has 5 N–H and O–H groups in total. The lowest BCUT2D eigenvalue weighted by atomic mass is 9.53. The van der Waals surface area contributed by atoms with Crippen LogP contribution in [0, 0.1) is 17.8 Å². The molecule has 0 saturated heterocycles. The summed E-state index contributed by atoms with van der Waals surface area (Å²) in [5.41, 5.74) is 5.41. The van der Waals surface area contributed by atoms with Crippen molar-refractivity contribution in [3.05, 3.63) is 0 Å². The number of hydrogen-bond donors (Lipinski definition) is 4. The third kappa shape index (κ3) is 4.14. The van der Waals surface area contributed by atoms with Crippen molar-refractivity contribution in [2.45, 2.75) is 75.9 Å². The monoisotopic (exact) mass is 351 g/mol. The minimum absolute atomic E-state index is 0.0754. The smallest absolute Gasteiger partial charge is 0.303 e. The molecule has 4 aliphatic rings. The number of aliphatic carboxylic acids is 1. The molecule has 4 saturated carbocycles. The van der Waals surface area contributed by atoms with Crippen molar-refractivity contribution < 1.29 is 19.5 Å². The molecule has 25 heavy (non-hydrogen) atoms. The normalized spacial score (nSPS) is 35.0. The van der Waals surface area contributed by atoms with E-state index >= 15 is 0 Å². The van der Waals surface area contributed by atoms with Gasteiger partial charge in [0.2, 0.25) is 11.8 Å². The Morgan fingerprint density at radius 1 is 1.08 bits per heavy atom. The van der Waals surface area contributed by atoms with Gasteiger partial charge in [-0.25, -0.2) is 0 Å². The molecule has 0 aromatic heterocycles. The van der Waals surface area contributed by atoms with Crippen LogP contribution in [0.3, 0.4) is 0 Å². The van der Waals surface area contributed by atoms with Crippen LogP contribution < -0.4 is 16.4 Å². The summed E-state index contributed by atoms with van der Waals surface area (Å²) in [6.45, 7) is 1.54. The average Bonchev–Trinajstić information content (AvgIpc) is 2.48. The predicted octanol–water partition coefficient (Wildman–Crippen LogP) is 0.768. The molecule has 0 aromatic rings. The molecule has 140 valence electrons. The van der Waals surface area contributed by atoms with Gasteiger partial charge in [0, 0.05) is 12.0 Å². The van der Waals surface area contributed by atoms with Crippen molar-refractivity contribution >= 4 is 17.8 Å². The summed E-state index contributed by atoms with van der Waals surface area (Å²) in [6.07, 6.45) is 6.77. The zero-order valence-electron chi connectivity index (χ0n) is 14.8. The van der Waals surface area contributed by atoms with Crippen molar-refractivity contribution in [1.29, 1.82) is 0 Å². The van der Waals surface area contributed by atoms with Crippen LogP contribution in [0.2, 0.25) is 0 Å². The van der Waals surface area contributed by atoms with Crippen LogP contribution in [0.4, 0.5) is 0 Å². The van der Waals surface area contributed by atoms with Crippen LogP contribution in [0.1, 0.15) is 58.3 Å². The minimum atomic E-state index is -0.984. The summed E-state index contributed by atoms with van der Waals surface area (Å²) >= 11 is 0. The van der Waals surface area contributed by atoms with Crippen molar-refractivity contribution in [3.8, 4) is 0 Å². The van der Waals surface area contributed by atoms with E-state index in [-0.39, 0.29) is 24.3 Å². The fraction of sp³-hybridized carbons (Fsp3) is 0.833. The summed E-state index contributed by atoms with van der Waals surface area (Å²) in [7, 11) is 0. The quantitative estimate of drug-likeness (QED) is 0.540. The predicted molar refractivity (Wildman–Crippen MR) is 91.5 cm³/mol. The van der Waals surface area contributed by atoms with Gasteiger partial charge in [-0.2, -0.15) is 0 Å². The Hall–Kier alpha value is -1.63. The van der Waals surface area contributed by atoms with Crippen molar-refractivity contribution in [1.82, 2.24) is 10.6 Å². The van der Waals surface area contributed by atoms with E-state index in [0.717, 1.165) is 19.3 Å². The second kappa shape index (κ2) is 6.94. The van der Waals surface area contributed by atoms with Gasteiger partial charge in [-0.1, -0.05) is 0 Å². The standard InChI is InChI=1S/C18H29N3O4/c1-10(19)16(24)20-14(2-3-15(22)23)17(25)21-18-7-11-4-12(8-18)6-13(5-11)9-18/h10-14H,2-9,19H2,1H3,(H,20,24)(H,21,25)(H,22,23)/t10-,11?,12?,13?,14-,18?/m0/s1. The largest absolute Gasteiger partial charge is 0.481 e. The van der Waals surface area contributed by atoms with Gasteiger partial charge in [0.05, 0.1) is 6.04 Å². The summed E-state index contributed by atoms with van der Waals surface area (Å²) in [5.74, 6) is 0.406. The zero-order valence-corrected chi connectivity index (χ0v) is 14.8. The Morgan fingerprint density at radius 2 is 1.60 bits per heavy atom. The molecule has 0 radical (unpaired) electrons. The number of carbonyl (C=O) groups is 3. The number of carboxylic acid groups (broad SMARTS) is 1. The van der Waals surface area contributed by atoms with E-state index in [9.17, 15) is 14.4 Å². The highest BCUT2D eigenvalue weighted by Gasteiger charge is 2.51. The van der Waals surface area contributed by atoms with E-state index in [4.69, 9.17) is 10.8 Å². The van der Waals surface area contributed by atoms with Gasteiger partial charge >= 0.3 is 5.97 Å². The topological polar surface area (TPSA) is 122 Å².